The van der Waals surface area contributed by atoms with Crippen molar-refractivity contribution in [2.45, 2.75) is 71.9 Å². The first-order chi connectivity index (χ1) is 24.3. The number of hydrogen-bond acceptors (Lipinski definition) is 6. The number of piperazine rings is 1. The van der Waals surface area contributed by atoms with E-state index in [1.807, 2.05) is 74.5 Å². The third-order valence-corrected chi connectivity index (χ3v) is 10.4. The topological polar surface area (TPSA) is 117 Å². The molecule has 0 aromatic heterocycles. The predicted octanol–water partition coefficient (Wildman–Crippen LogP) is 7.03. The maximum Gasteiger partial charge on any atom is 0.309 e. The molecule has 1 fully saturated rings. The van der Waals surface area contributed by atoms with E-state index in [-0.39, 0.29) is 36.7 Å². The van der Waals surface area contributed by atoms with Gasteiger partial charge in [-0.25, -0.2) is 0 Å². The average molecular weight is 737 g/mol. The summed E-state index contributed by atoms with van der Waals surface area (Å²) in [6.45, 7) is 9.20. The van der Waals surface area contributed by atoms with Crippen molar-refractivity contribution < 1.29 is 29.0 Å². The zero-order chi connectivity index (χ0) is 36.7. The van der Waals surface area contributed by atoms with Crippen LogP contribution in [0.1, 0.15) is 61.8 Å². The van der Waals surface area contributed by atoms with Gasteiger partial charge in [0.05, 0.1) is 16.5 Å². The zero-order valence-corrected chi connectivity index (χ0v) is 31.2. The Morgan fingerprint density at radius 1 is 0.961 bits per heavy atom. The van der Waals surface area contributed by atoms with Crippen LogP contribution in [0.3, 0.4) is 0 Å². The van der Waals surface area contributed by atoms with Crippen LogP contribution >= 0.6 is 23.2 Å². The van der Waals surface area contributed by atoms with Crippen LogP contribution in [0, 0.1) is 19.3 Å². The van der Waals surface area contributed by atoms with E-state index in [2.05, 4.69) is 10.6 Å². The monoisotopic (exact) mass is 735 g/mol. The molecule has 0 spiro atoms. The minimum atomic E-state index is -1.00. The number of benzene rings is 3. The van der Waals surface area contributed by atoms with Crippen LogP contribution in [-0.2, 0) is 20.8 Å². The molecule has 2 heterocycles. The summed E-state index contributed by atoms with van der Waals surface area (Å²) < 4.78 is 11.8. The Morgan fingerprint density at radius 2 is 1.67 bits per heavy atom. The number of carbonyl (C=O) groups is 3. The summed E-state index contributed by atoms with van der Waals surface area (Å²) in [6, 6.07) is 18.8. The van der Waals surface area contributed by atoms with Gasteiger partial charge in [0.15, 0.2) is 0 Å². The minimum absolute atomic E-state index is 0.0581. The van der Waals surface area contributed by atoms with Gasteiger partial charge >= 0.3 is 5.97 Å². The van der Waals surface area contributed by atoms with E-state index in [9.17, 15) is 19.5 Å². The van der Waals surface area contributed by atoms with Gasteiger partial charge in [0.1, 0.15) is 24.7 Å². The lowest BCUT2D eigenvalue weighted by molar-refractivity contribution is -0.148. The normalized spacial score (nSPS) is 17.3. The van der Waals surface area contributed by atoms with Gasteiger partial charge < -0.3 is 30.1 Å². The largest absolute Gasteiger partial charge is 0.490 e. The fourth-order valence-electron chi connectivity index (χ4n) is 6.48. The summed E-state index contributed by atoms with van der Waals surface area (Å²) in [4.78, 5) is 40.7. The Morgan fingerprint density at radius 3 is 2.39 bits per heavy atom. The van der Waals surface area contributed by atoms with Gasteiger partial charge in [-0.2, -0.15) is 0 Å². The second-order valence-electron chi connectivity index (χ2n) is 14.0. The molecule has 2 atom stereocenters. The van der Waals surface area contributed by atoms with E-state index < -0.39 is 11.4 Å². The molecule has 0 saturated carbocycles. The summed E-state index contributed by atoms with van der Waals surface area (Å²) >= 11 is 12.7. The maximum atomic E-state index is 13.9. The Bertz CT molecular complexity index is 1770. The molecular formula is C40H47Cl2N3O6. The van der Waals surface area contributed by atoms with Gasteiger partial charge in [-0.3, -0.25) is 14.4 Å². The third kappa shape index (κ3) is 9.84. The van der Waals surface area contributed by atoms with Crippen LogP contribution in [0.15, 0.2) is 66.2 Å². The van der Waals surface area contributed by atoms with Gasteiger partial charge in [-0.05, 0) is 112 Å². The van der Waals surface area contributed by atoms with Gasteiger partial charge in [-0.15, -0.1) is 0 Å². The number of rotatable bonds is 15. The number of carbonyl (C=O) groups excluding carboxylic acids is 2. The van der Waals surface area contributed by atoms with Crippen molar-refractivity contribution in [1.82, 2.24) is 15.5 Å². The fourth-order valence-corrected chi connectivity index (χ4v) is 6.98. The first-order valence-corrected chi connectivity index (χ1v) is 18.2. The molecule has 272 valence electrons. The summed E-state index contributed by atoms with van der Waals surface area (Å²) in [6.07, 6.45) is 2.36. The number of fused-ring (bicyclic) bond motifs is 2. The molecule has 2 aliphatic heterocycles. The summed E-state index contributed by atoms with van der Waals surface area (Å²) in [5.41, 5.74) is 4.70. The SMILES string of the molecule is Cc1cc(Cl)c(OCCOc2ccc(C3=C(C(=O)NCCCc4ccccc4Cl)[C@H]4CN(C(=O)CCC(C)(C)C(=O)O)C[C@@H](C3)N4)cc2)cc1C. The number of halogens is 2. The molecule has 9 nitrogen and oxygen atoms in total. The summed E-state index contributed by atoms with van der Waals surface area (Å²) in [5.74, 6) is 0.0921. The van der Waals surface area contributed by atoms with Gasteiger partial charge in [0.25, 0.3) is 0 Å². The van der Waals surface area contributed by atoms with Crippen LogP contribution in [0.5, 0.6) is 11.5 Å². The van der Waals surface area contributed by atoms with E-state index in [0.717, 1.165) is 34.2 Å². The fraction of sp³-hybridized carbons (Fsp3) is 0.425. The molecule has 51 heavy (non-hydrogen) atoms. The molecule has 5 rings (SSSR count). The van der Waals surface area contributed by atoms with E-state index in [1.54, 1.807) is 18.7 Å². The Balaban J connectivity index is 1.28. The van der Waals surface area contributed by atoms with E-state index in [0.29, 0.717) is 72.8 Å². The minimum Gasteiger partial charge on any atom is -0.490 e. The van der Waals surface area contributed by atoms with Gasteiger partial charge in [0, 0.05) is 42.7 Å². The Labute approximate surface area is 310 Å². The molecule has 2 amide bonds. The lowest BCUT2D eigenvalue weighted by Crippen LogP contribution is -2.62. The average Bonchev–Trinajstić information content (AvgIpc) is 3.10. The highest BCUT2D eigenvalue weighted by molar-refractivity contribution is 6.32. The molecule has 0 unspecified atom stereocenters. The molecule has 11 heteroatoms. The first kappa shape index (κ1) is 38.2. The first-order valence-electron chi connectivity index (χ1n) is 17.5. The molecular weight excluding hydrogens is 689 g/mol. The number of hydrogen-bond donors (Lipinski definition) is 3. The standard InChI is InChI=1S/C40H47Cl2N3O6/c1-25-20-33(42)35(21-26(25)2)51-19-18-50-30-13-11-27(12-14-30)31-22-29-23-45(36(46)15-16-40(3,4)39(48)49)24-34(44-29)37(31)38(47)43-17-7-9-28-8-5-6-10-32(28)41/h5-6,8,10-14,20-21,29,34,44H,7,9,15-19,22-24H2,1-4H3,(H,43,47)(H,48,49)/t29-,34-/m1/s1. The second-order valence-corrected chi connectivity index (χ2v) is 14.9. The number of carboxylic acid groups (broad SMARTS) is 1. The number of aliphatic carboxylic acids is 1. The van der Waals surface area contributed by atoms with Crippen molar-refractivity contribution in [1.29, 1.82) is 0 Å². The van der Waals surface area contributed by atoms with Crippen LogP contribution < -0.4 is 20.1 Å². The Kier molecular flexibility index (Phi) is 12.7. The lowest BCUT2D eigenvalue weighted by atomic mass is 9.82. The van der Waals surface area contributed by atoms with E-state index in [1.165, 1.54) is 0 Å². The third-order valence-electron chi connectivity index (χ3n) is 9.77. The highest BCUT2D eigenvalue weighted by Crippen LogP contribution is 2.35. The molecule has 1 saturated heterocycles. The molecule has 0 radical (unpaired) electrons. The Hall–Kier alpha value is -4.05. The number of amides is 2. The van der Waals surface area contributed by atoms with Crippen molar-refractivity contribution >= 4 is 46.6 Å². The summed E-state index contributed by atoms with van der Waals surface area (Å²) in [7, 11) is 0. The molecule has 3 N–H and O–H groups in total. The van der Waals surface area contributed by atoms with Crippen molar-refractivity contribution in [2.75, 3.05) is 32.8 Å². The van der Waals surface area contributed by atoms with Crippen molar-refractivity contribution in [3.8, 4) is 11.5 Å². The predicted molar refractivity (Wildman–Crippen MR) is 201 cm³/mol. The molecule has 0 aliphatic carbocycles. The van der Waals surface area contributed by atoms with Crippen molar-refractivity contribution in [3.63, 3.8) is 0 Å². The maximum absolute atomic E-state index is 13.9. The molecule has 2 aliphatic rings. The molecule has 2 bridgehead atoms. The van der Waals surface area contributed by atoms with E-state index in [4.69, 9.17) is 32.7 Å². The summed E-state index contributed by atoms with van der Waals surface area (Å²) in [5, 5.41) is 17.5. The number of nitrogens with zero attached hydrogens (tertiary/aromatic N) is 1. The van der Waals surface area contributed by atoms with Crippen molar-refractivity contribution in [2.24, 2.45) is 5.41 Å². The highest BCUT2D eigenvalue weighted by atomic mass is 35.5. The zero-order valence-electron chi connectivity index (χ0n) is 29.7. The van der Waals surface area contributed by atoms with E-state index >= 15 is 0 Å². The molecule has 3 aromatic carbocycles. The lowest BCUT2D eigenvalue weighted by Gasteiger charge is -2.44. The van der Waals surface area contributed by atoms with Crippen LogP contribution in [-0.4, -0.2) is 72.7 Å². The number of carboxylic acids is 1. The van der Waals surface area contributed by atoms with Gasteiger partial charge in [0.2, 0.25) is 11.8 Å². The molecule has 3 aromatic rings. The second kappa shape index (κ2) is 17.0. The number of ether oxygens (including phenoxy) is 2. The smallest absolute Gasteiger partial charge is 0.309 e. The quantitative estimate of drug-likeness (QED) is 0.144. The van der Waals surface area contributed by atoms with Crippen molar-refractivity contribution in [3.05, 3.63) is 98.5 Å². The number of nitrogens with one attached hydrogen (secondary N) is 2. The van der Waals surface area contributed by atoms with Crippen LogP contribution in [0.2, 0.25) is 10.0 Å². The van der Waals surface area contributed by atoms with Crippen LogP contribution in [0.4, 0.5) is 0 Å². The van der Waals surface area contributed by atoms with Crippen LogP contribution in [0.25, 0.3) is 5.57 Å². The van der Waals surface area contributed by atoms with Gasteiger partial charge in [-0.1, -0.05) is 53.5 Å². The number of aryl methyl sites for hydroxylation is 3. The highest BCUT2D eigenvalue weighted by Gasteiger charge is 2.40.